The smallest absolute Gasteiger partial charge is 0.234 e. The molecular formula is C20H40IN5O. The molecule has 0 atom stereocenters. The Morgan fingerprint density at radius 3 is 2.22 bits per heavy atom. The molecule has 0 aromatic carbocycles. The van der Waals surface area contributed by atoms with Crippen molar-refractivity contribution in [2.45, 2.75) is 83.7 Å². The fraction of sp³-hybridized carbons (Fsp3) is 0.900. The molecule has 1 aliphatic carbocycles. The number of rotatable bonds is 5. The first-order valence-electron chi connectivity index (χ1n) is 10.4. The van der Waals surface area contributed by atoms with Gasteiger partial charge in [-0.05, 0) is 65.5 Å². The van der Waals surface area contributed by atoms with E-state index in [1.54, 1.807) is 0 Å². The summed E-state index contributed by atoms with van der Waals surface area (Å²) in [5.74, 6) is 1.31. The number of nitrogens with two attached hydrogens (primary N) is 1. The molecule has 1 saturated carbocycles. The number of hydrogen-bond donors (Lipinski definition) is 3. The first-order chi connectivity index (χ1) is 12.3. The average Bonchev–Trinajstić information content (AvgIpc) is 2.81. The molecule has 158 valence electrons. The minimum atomic E-state index is -0.161. The van der Waals surface area contributed by atoms with Gasteiger partial charge in [0, 0.05) is 18.1 Å². The molecule has 1 saturated heterocycles. The van der Waals surface area contributed by atoms with Crippen LogP contribution in [0.25, 0.3) is 0 Å². The van der Waals surface area contributed by atoms with Crippen LogP contribution >= 0.6 is 24.0 Å². The van der Waals surface area contributed by atoms with Gasteiger partial charge in [-0.25, -0.2) is 0 Å². The van der Waals surface area contributed by atoms with Gasteiger partial charge in [0.25, 0.3) is 0 Å². The van der Waals surface area contributed by atoms with E-state index < -0.39 is 0 Å². The molecule has 7 heteroatoms. The average molecular weight is 493 g/mol. The van der Waals surface area contributed by atoms with Crippen LogP contribution in [0.5, 0.6) is 0 Å². The minimum absolute atomic E-state index is 0. The third kappa shape index (κ3) is 10.5. The van der Waals surface area contributed by atoms with Crippen molar-refractivity contribution < 1.29 is 4.79 Å². The van der Waals surface area contributed by atoms with Gasteiger partial charge in [-0.3, -0.25) is 14.7 Å². The van der Waals surface area contributed by atoms with E-state index in [0.717, 1.165) is 32.5 Å². The van der Waals surface area contributed by atoms with Crippen molar-refractivity contribution in [3.05, 3.63) is 0 Å². The quantitative estimate of drug-likeness (QED) is 0.238. The van der Waals surface area contributed by atoms with E-state index in [9.17, 15) is 4.79 Å². The van der Waals surface area contributed by atoms with Crippen LogP contribution in [0.15, 0.2) is 4.99 Å². The monoisotopic (exact) mass is 493 g/mol. The highest BCUT2D eigenvalue weighted by Gasteiger charge is 2.22. The van der Waals surface area contributed by atoms with Crippen molar-refractivity contribution in [1.82, 2.24) is 15.5 Å². The summed E-state index contributed by atoms with van der Waals surface area (Å²) < 4.78 is 0. The Morgan fingerprint density at radius 2 is 1.67 bits per heavy atom. The number of hydrogen-bond acceptors (Lipinski definition) is 3. The highest BCUT2D eigenvalue weighted by molar-refractivity contribution is 14.0. The van der Waals surface area contributed by atoms with Crippen LogP contribution in [0.4, 0.5) is 0 Å². The maximum Gasteiger partial charge on any atom is 0.234 e. The standard InChI is InChI=1S/C20H39N5O.HI/c1-20(2,3)24-18(26)15-25-12-10-16(11-13-25)14-22-19(21)23-17-8-6-4-5-7-9-17;/h16-17H,4-15H2,1-3H3,(H,24,26)(H3,21,22,23);1H. The van der Waals surface area contributed by atoms with Gasteiger partial charge in [-0.2, -0.15) is 0 Å². The van der Waals surface area contributed by atoms with E-state index in [-0.39, 0.29) is 35.4 Å². The Kier molecular flexibility index (Phi) is 11.0. The summed E-state index contributed by atoms with van der Waals surface area (Å²) in [5, 5.41) is 6.45. The van der Waals surface area contributed by atoms with Gasteiger partial charge in [-0.1, -0.05) is 25.7 Å². The molecule has 2 rings (SSSR count). The number of nitrogens with zero attached hydrogens (tertiary/aromatic N) is 2. The molecular weight excluding hydrogens is 453 g/mol. The van der Waals surface area contributed by atoms with Gasteiger partial charge in [0.05, 0.1) is 6.54 Å². The van der Waals surface area contributed by atoms with Crippen LogP contribution in [0, 0.1) is 5.92 Å². The number of piperidine rings is 1. The van der Waals surface area contributed by atoms with Crippen LogP contribution in [-0.2, 0) is 4.79 Å². The molecule has 27 heavy (non-hydrogen) atoms. The summed E-state index contributed by atoms with van der Waals surface area (Å²) in [6, 6.07) is 0.504. The second-order valence-corrected chi connectivity index (χ2v) is 9.08. The van der Waals surface area contributed by atoms with E-state index in [2.05, 4.69) is 20.5 Å². The Hall–Kier alpha value is -0.570. The van der Waals surface area contributed by atoms with Crippen LogP contribution in [0.2, 0.25) is 0 Å². The molecule has 0 unspecified atom stereocenters. The lowest BCUT2D eigenvalue weighted by Crippen LogP contribution is -2.47. The van der Waals surface area contributed by atoms with E-state index in [4.69, 9.17) is 5.73 Å². The molecule has 0 bridgehead atoms. The summed E-state index contributed by atoms with van der Waals surface area (Å²) in [6.45, 7) is 9.28. The predicted octanol–water partition coefficient (Wildman–Crippen LogP) is 2.86. The van der Waals surface area contributed by atoms with Gasteiger partial charge in [0.15, 0.2) is 5.96 Å². The Labute approximate surface area is 182 Å². The van der Waals surface area contributed by atoms with Gasteiger partial charge in [-0.15, -0.1) is 24.0 Å². The summed E-state index contributed by atoms with van der Waals surface area (Å²) in [4.78, 5) is 18.9. The number of guanidine groups is 1. The fourth-order valence-corrected chi connectivity index (χ4v) is 3.89. The molecule has 0 radical (unpaired) electrons. The maximum atomic E-state index is 12.0. The minimum Gasteiger partial charge on any atom is -0.370 e. The number of likely N-dealkylation sites (tertiary alicyclic amines) is 1. The molecule has 4 N–H and O–H groups in total. The molecule has 2 aliphatic rings. The van der Waals surface area contributed by atoms with Crippen molar-refractivity contribution >= 4 is 35.8 Å². The topological polar surface area (TPSA) is 82.8 Å². The van der Waals surface area contributed by atoms with Crippen molar-refractivity contribution in [1.29, 1.82) is 0 Å². The van der Waals surface area contributed by atoms with Crippen molar-refractivity contribution in [3.8, 4) is 0 Å². The molecule has 1 amide bonds. The number of aliphatic imine (C=N–C) groups is 1. The van der Waals surface area contributed by atoms with Crippen LogP contribution in [0.1, 0.15) is 72.1 Å². The maximum absolute atomic E-state index is 12.0. The summed E-state index contributed by atoms with van der Waals surface area (Å²) >= 11 is 0. The van der Waals surface area contributed by atoms with Gasteiger partial charge in [0.2, 0.25) is 5.91 Å². The number of halogens is 1. The summed E-state index contributed by atoms with van der Waals surface area (Å²) in [6.07, 6.45) is 9.89. The first-order valence-corrected chi connectivity index (χ1v) is 10.4. The van der Waals surface area contributed by atoms with E-state index in [1.165, 1.54) is 38.5 Å². The lowest BCUT2D eigenvalue weighted by Gasteiger charge is -2.31. The van der Waals surface area contributed by atoms with Gasteiger partial charge < -0.3 is 16.4 Å². The SMILES string of the molecule is CC(C)(C)NC(=O)CN1CCC(CN=C(N)NC2CCCCCC2)CC1.I. The van der Waals surface area contributed by atoms with Crippen LogP contribution in [0.3, 0.4) is 0 Å². The normalized spacial score (nSPS) is 21.2. The van der Waals surface area contributed by atoms with E-state index >= 15 is 0 Å². The highest BCUT2D eigenvalue weighted by atomic mass is 127. The molecule has 0 spiro atoms. The zero-order valence-corrected chi connectivity index (χ0v) is 19.8. The van der Waals surface area contributed by atoms with Gasteiger partial charge >= 0.3 is 0 Å². The second-order valence-electron chi connectivity index (χ2n) is 9.08. The molecule has 1 heterocycles. The molecule has 2 fully saturated rings. The number of carbonyl (C=O) groups is 1. The van der Waals surface area contributed by atoms with E-state index in [1.807, 2.05) is 20.8 Å². The first kappa shape index (κ1) is 24.5. The molecule has 0 aromatic rings. The number of nitrogens with one attached hydrogen (secondary N) is 2. The molecule has 1 aliphatic heterocycles. The summed E-state index contributed by atoms with van der Waals surface area (Å²) in [5.41, 5.74) is 5.94. The Morgan fingerprint density at radius 1 is 1.07 bits per heavy atom. The predicted molar refractivity (Wildman–Crippen MR) is 124 cm³/mol. The molecule has 6 nitrogen and oxygen atoms in total. The van der Waals surface area contributed by atoms with Crippen LogP contribution in [-0.4, -0.2) is 54.5 Å². The lowest BCUT2D eigenvalue weighted by molar-refractivity contribution is -0.124. The van der Waals surface area contributed by atoms with Crippen molar-refractivity contribution in [2.24, 2.45) is 16.6 Å². The van der Waals surface area contributed by atoms with E-state index in [0.29, 0.717) is 24.5 Å². The number of carbonyl (C=O) groups excluding carboxylic acids is 1. The Balaban J connectivity index is 0.00000364. The van der Waals surface area contributed by atoms with Crippen molar-refractivity contribution in [3.63, 3.8) is 0 Å². The second kappa shape index (κ2) is 12.1. The highest BCUT2D eigenvalue weighted by Crippen LogP contribution is 2.18. The fourth-order valence-electron chi connectivity index (χ4n) is 3.89. The van der Waals surface area contributed by atoms with Crippen LogP contribution < -0.4 is 16.4 Å². The van der Waals surface area contributed by atoms with Crippen molar-refractivity contribution in [2.75, 3.05) is 26.2 Å². The Bertz CT molecular complexity index is 461. The third-order valence-corrected chi connectivity index (χ3v) is 5.32. The third-order valence-electron chi connectivity index (χ3n) is 5.32. The zero-order valence-electron chi connectivity index (χ0n) is 17.4. The largest absolute Gasteiger partial charge is 0.370 e. The lowest BCUT2D eigenvalue weighted by atomic mass is 9.97. The van der Waals surface area contributed by atoms with Gasteiger partial charge in [0.1, 0.15) is 0 Å². The zero-order chi connectivity index (χ0) is 19.0. The number of amides is 1. The summed E-state index contributed by atoms with van der Waals surface area (Å²) in [7, 11) is 0. The molecule has 0 aromatic heterocycles.